The van der Waals surface area contributed by atoms with E-state index in [0.29, 0.717) is 74.7 Å². The van der Waals surface area contributed by atoms with E-state index in [-0.39, 0.29) is 35.4 Å². The van der Waals surface area contributed by atoms with E-state index in [1.807, 2.05) is 6.92 Å². The van der Waals surface area contributed by atoms with Crippen molar-refractivity contribution < 1.29 is 50.4 Å². The van der Waals surface area contributed by atoms with Crippen LogP contribution >= 0.6 is 0 Å². The Bertz CT molecular complexity index is 2220. The van der Waals surface area contributed by atoms with Crippen LogP contribution in [0.1, 0.15) is 66.2 Å². The number of aliphatic carboxylic acids is 1. The largest absolute Gasteiger partial charge is 0.481 e. The number of morpholine rings is 1. The molecule has 0 saturated carbocycles. The van der Waals surface area contributed by atoms with Crippen LogP contribution in [0.15, 0.2) is 47.5 Å². The molecule has 1 N–H and O–H groups in total. The lowest BCUT2D eigenvalue weighted by atomic mass is 9.70. The predicted octanol–water partition coefficient (Wildman–Crippen LogP) is 4.85. The van der Waals surface area contributed by atoms with Crippen molar-refractivity contribution in [3.63, 3.8) is 0 Å². The number of sulfonamides is 1. The topological polar surface area (TPSA) is 158 Å². The van der Waals surface area contributed by atoms with Gasteiger partial charge in [-0.15, -0.1) is 10.2 Å². The van der Waals surface area contributed by atoms with Gasteiger partial charge in [0.05, 0.1) is 38.4 Å². The van der Waals surface area contributed by atoms with Crippen molar-refractivity contribution in [2.45, 2.75) is 69.7 Å². The molecule has 3 aromatic heterocycles. The lowest BCUT2D eigenvalue weighted by molar-refractivity contribution is -0.147. The Balaban J connectivity index is 1.24. The van der Waals surface area contributed by atoms with Gasteiger partial charge in [-0.25, -0.2) is 8.42 Å². The monoisotopic (exact) mass is 802 g/mol. The minimum absolute atomic E-state index is 0.000185. The number of pyridine rings is 2. The number of rotatable bonds is 10. The second-order valence-electron chi connectivity index (χ2n) is 15.2. The third kappa shape index (κ3) is 7.68. The van der Waals surface area contributed by atoms with Crippen molar-refractivity contribution in [3.8, 4) is 11.8 Å². The quantitative estimate of drug-likeness (QED) is 0.233. The number of carboxylic acid groups (broad SMARTS) is 1. The zero-order valence-corrected chi connectivity index (χ0v) is 32.5. The first kappa shape index (κ1) is 39.9. The highest BCUT2D eigenvalue weighted by atomic mass is 32.2. The van der Waals surface area contributed by atoms with Crippen molar-refractivity contribution in [1.29, 1.82) is 0 Å². The number of hydrogen-bond donors (Lipinski definition) is 1. The first-order chi connectivity index (χ1) is 26.5. The number of aromatic nitrogens is 4. The zero-order valence-electron chi connectivity index (χ0n) is 31.6. The fourth-order valence-electron chi connectivity index (χ4n) is 7.73. The average molecular weight is 803 g/mol. The molecule has 1 aromatic carbocycles. The van der Waals surface area contributed by atoms with Gasteiger partial charge in [0.15, 0.2) is 5.65 Å². The summed E-state index contributed by atoms with van der Waals surface area (Å²) in [5, 5.41) is 17.7. The summed E-state index contributed by atoms with van der Waals surface area (Å²) in [6.07, 6.45) is -2.73. The van der Waals surface area contributed by atoms with Crippen LogP contribution in [0.5, 0.6) is 11.8 Å². The van der Waals surface area contributed by atoms with Crippen molar-refractivity contribution in [3.05, 3.63) is 76.2 Å². The van der Waals surface area contributed by atoms with E-state index >= 15 is 0 Å². The van der Waals surface area contributed by atoms with Crippen molar-refractivity contribution >= 4 is 21.6 Å². The van der Waals surface area contributed by atoms with Crippen LogP contribution in [0.25, 0.3) is 5.65 Å². The normalized spacial score (nSPS) is 19.6. The number of benzene rings is 1. The molecule has 18 heteroatoms. The Morgan fingerprint density at radius 3 is 2.43 bits per heavy atom. The zero-order chi connectivity index (χ0) is 40.0. The Morgan fingerprint density at radius 1 is 1.02 bits per heavy atom. The summed E-state index contributed by atoms with van der Waals surface area (Å²) in [5.74, 6) is -3.01. The van der Waals surface area contributed by atoms with Crippen LogP contribution in [-0.4, -0.2) is 113 Å². The van der Waals surface area contributed by atoms with E-state index in [0.717, 1.165) is 23.1 Å². The van der Waals surface area contributed by atoms with E-state index < -0.39 is 44.9 Å². The number of carbonyl (C=O) groups is 1. The molecule has 3 aliphatic heterocycles. The van der Waals surface area contributed by atoms with Gasteiger partial charge >= 0.3 is 12.1 Å². The number of nitrogens with zero attached hydrogens (tertiary/aromatic N) is 6. The Kier molecular flexibility index (Phi) is 10.8. The molecule has 2 fully saturated rings. The molecule has 14 nitrogen and oxygen atoms in total. The second kappa shape index (κ2) is 15.2. The standard InChI is InChI=1S/C38H45F3N6O8S/c1-24-5-6-26(31(36(3,4)35(48)49)28-9-12-47-32(25(28)2)43-44-34(47)38(39,40)41)21-27(24)22-46-23-37(10-16-52-17-11-37)55-33-29(56(46,50)51)7-8-30(42-33)54-20-15-45-13-18-53-19-14-45/h5-9,12,21,31H,10-11,13-20,22-23H2,1-4H3,(H,48,49)/t31-/m1/s1. The summed E-state index contributed by atoms with van der Waals surface area (Å²) in [4.78, 5) is 19.5. The maximum atomic E-state index is 14.6. The number of ether oxygens (including phenoxy) is 4. The van der Waals surface area contributed by atoms with E-state index in [4.69, 9.17) is 18.9 Å². The molecule has 0 unspecified atom stereocenters. The maximum Gasteiger partial charge on any atom is 0.452 e. The Labute approximate surface area is 322 Å². The van der Waals surface area contributed by atoms with Gasteiger partial charge in [0.2, 0.25) is 27.6 Å². The molecular formula is C38H45F3N6O8S. The lowest BCUT2D eigenvalue weighted by Gasteiger charge is -2.38. The lowest BCUT2D eigenvalue weighted by Crippen LogP contribution is -2.50. The van der Waals surface area contributed by atoms with Gasteiger partial charge in [-0.2, -0.15) is 22.5 Å². The third-order valence-corrected chi connectivity index (χ3v) is 12.9. The molecule has 0 amide bonds. The molecule has 0 radical (unpaired) electrons. The van der Waals surface area contributed by atoms with E-state index in [2.05, 4.69) is 20.1 Å². The maximum absolute atomic E-state index is 14.6. The summed E-state index contributed by atoms with van der Waals surface area (Å²) in [7, 11) is -4.21. The fraction of sp³-hybridized carbons (Fsp3) is 0.526. The van der Waals surface area contributed by atoms with E-state index in [1.165, 1.54) is 28.7 Å². The summed E-state index contributed by atoms with van der Waals surface area (Å²) in [6, 6.07) is 9.78. The van der Waals surface area contributed by atoms with Crippen LogP contribution in [0.2, 0.25) is 0 Å². The molecule has 7 rings (SSSR count). The molecule has 0 bridgehead atoms. The summed E-state index contributed by atoms with van der Waals surface area (Å²) >= 11 is 0. The number of halogens is 3. The second-order valence-corrected chi connectivity index (χ2v) is 17.1. The fourth-order valence-corrected chi connectivity index (χ4v) is 9.28. The summed E-state index contributed by atoms with van der Waals surface area (Å²) in [5.41, 5.74) is 0.206. The SMILES string of the molecule is Cc1ccc([C@H](c2ccn3c(C(F)(F)F)nnc3c2C)C(C)(C)C(=O)O)cc1CN1CC2(CCOCC2)Oc2nc(OCCN3CCOCC3)ccc2S1(=O)=O. The molecule has 1 spiro atoms. The summed E-state index contributed by atoms with van der Waals surface area (Å²) in [6.45, 7) is 11.1. The van der Waals surface area contributed by atoms with Gasteiger partial charge < -0.3 is 24.1 Å². The number of alkyl halides is 3. The number of carboxylic acids is 1. The minimum Gasteiger partial charge on any atom is -0.481 e. The molecule has 6 heterocycles. The third-order valence-electron chi connectivity index (χ3n) is 11.1. The molecular weight excluding hydrogens is 758 g/mol. The van der Waals surface area contributed by atoms with Gasteiger partial charge in [0.1, 0.15) is 17.1 Å². The number of aryl methyl sites for hydroxylation is 2. The van der Waals surface area contributed by atoms with Crippen LogP contribution in [0, 0.1) is 19.3 Å². The highest BCUT2D eigenvalue weighted by Gasteiger charge is 2.46. The van der Waals surface area contributed by atoms with Crippen molar-refractivity contribution in [1.82, 2.24) is 28.8 Å². The van der Waals surface area contributed by atoms with E-state index in [1.54, 1.807) is 39.0 Å². The van der Waals surface area contributed by atoms with Crippen LogP contribution < -0.4 is 9.47 Å². The highest BCUT2D eigenvalue weighted by Crippen LogP contribution is 2.45. The molecule has 1 atom stereocenters. The number of hydrogen-bond acceptors (Lipinski definition) is 11. The minimum atomic E-state index is -4.75. The smallest absolute Gasteiger partial charge is 0.452 e. The first-order valence-electron chi connectivity index (χ1n) is 18.5. The van der Waals surface area contributed by atoms with Gasteiger partial charge in [-0.05, 0) is 67.6 Å². The summed E-state index contributed by atoms with van der Waals surface area (Å²) < 4.78 is 96.0. The predicted molar refractivity (Wildman–Crippen MR) is 195 cm³/mol. The molecule has 2 saturated heterocycles. The van der Waals surface area contributed by atoms with Crippen molar-refractivity contribution in [2.75, 3.05) is 59.2 Å². The average Bonchev–Trinajstić information content (AvgIpc) is 3.58. The van der Waals surface area contributed by atoms with Gasteiger partial charge in [0, 0.05) is 57.2 Å². The van der Waals surface area contributed by atoms with Crippen LogP contribution in [0.3, 0.4) is 0 Å². The Hall–Kier alpha value is -4.36. The first-order valence-corrected chi connectivity index (χ1v) is 19.9. The number of fused-ring (bicyclic) bond motifs is 2. The molecule has 4 aromatic rings. The van der Waals surface area contributed by atoms with Gasteiger partial charge in [-0.3, -0.25) is 14.1 Å². The van der Waals surface area contributed by atoms with Crippen molar-refractivity contribution in [2.24, 2.45) is 5.41 Å². The highest BCUT2D eigenvalue weighted by molar-refractivity contribution is 7.89. The van der Waals surface area contributed by atoms with Crippen LogP contribution in [0.4, 0.5) is 13.2 Å². The van der Waals surface area contributed by atoms with Crippen LogP contribution in [-0.2, 0) is 37.0 Å². The Morgan fingerprint density at radius 2 is 1.73 bits per heavy atom. The molecule has 0 aliphatic carbocycles. The van der Waals surface area contributed by atoms with E-state index in [9.17, 15) is 31.5 Å². The van der Waals surface area contributed by atoms with Gasteiger partial charge in [0.25, 0.3) is 0 Å². The molecule has 3 aliphatic rings. The molecule has 56 heavy (non-hydrogen) atoms. The van der Waals surface area contributed by atoms with Gasteiger partial charge in [-0.1, -0.05) is 18.2 Å². The molecule has 302 valence electrons.